The molecule has 0 amide bonds. The van der Waals surface area contributed by atoms with Crippen LogP contribution >= 0.6 is 0 Å². The number of nitrogens with zero attached hydrogens (tertiary/aromatic N) is 2. The summed E-state index contributed by atoms with van der Waals surface area (Å²) in [7, 11) is 0. The van der Waals surface area contributed by atoms with Crippen molar-refractivity contribution in [3.63, 3.8) is 0 Å². The lowest BCUT2D eigenvalue weighted by molar-refractivity contribution is 0.00706. The van der Waals surface area contributed by atoms with Gasteiger partial charge in [-0.2, -0.15) is 9.78 Å². The molecule has 1 aromatic heterocycles. The highest BCUT2D eigenvalue weighted by Crippen LogP contribution is 2.33. The van der Waals surface area contributed by atoms with Crippen molar-refractivity contribution in [2.24, 2.45) is 0 Å². The van der Waals surface area contributed by atoms with Crippen LogP contribution < -0.4 is 5.32 Å². The second kappa shape index (κ2) is 8.26. The van der Waals surface area contributed by atoms with E-state index in [9.17, 15) is 14.0 Å². The second-order valence-electron chi connectivity index (χ2n) is 9.57. The summed E-state index contributed by atoms with van der Waals surface area (Å²) in [6, 6.07) is 7.83. The topological polar surface area (TPSA) is 82.5 Å². The van der Waals surface area contributed by atoms with Gasteiger partial charge < -0.3 is 14.8 Å². The lowest BCUT2D eigenvalue weighted by Crippen LogP contribution is -2.27. The van der Waals surface area contributed by atoms with Crippen molar-refractivity contribution in [1.82, 2.24) is 9.78 Å². The van der Waals surface area contributed by atoms with Gasteiger partial charge in [-0.25, -0.2) is 14.0 Å². The summed E-state index contributed by atoms with van der Waals surface area (Å²) in [6.07, 6.45) is 0.770. The fourth-order valence-electron chi connectivity index (χ4n) is 3.05. The molecule has 0 spiro atoms. The summed E-state index contributed by atoms with van der Waals surface area (Å²) >= 11 is 0. The van der Waals surface area contributed by atoms with Crippen molar-refractivity contribution >= 4 is 34.3 Å². The number of anilines is 2. The van der Waals surface area contributed by atoms with Gasteiger partial charge in [-0.1, -0.05) is 6.07 Å². The molecule has 0 aliphatic rings. The fraction of sp³-hybridized carbons (Fsp3) is 0.375. The fourth-order valence-corrected chi connectivity index (χ4v) is 3.05. The van der Waals surface area contributed by atoms with Crippen molar-refractivity contribution in [1.29, 1.82) is 0 Å². The van der Waals surface area contributed by atoms with Gasteiger partial charge in [0, 0.05) is 5.39 Å². The van der Waals surface area contributed by atoms with E-state index in [2.05, 4.69) is 10.4 Å². The van der Waals surface area contributed by atoms with Gasteiger partial charge in [-0.3, -0.25) is 0 Å². The zero-order valence-electron chi connectivity index (χ0n) is 19.4. The maximum atomic E-state index is 14.6. The van der Waals surface area contributed by atoms with E-state index >= 15 is 0 Å². The van der Waals surface area contributed by atoms with E-state index in [1.807, 2.05) is 0 Å². The highest BCUT2D eigenvalue weighted by Gasteiger charge is 2.26. The van der Waals surface area contributed by atoms with Crippen LogP contribution in [0.25, 0.3) is 10.9 Å². The van der Waals surface area contributed by atoms with Crippen molar-refractivity contribution in [3.8, 4) is 0 Å². The van der Waals surface area contributed by atoms with Gasteiger partial charge in [0.1, 0.15) is 17.0 Å². The number of fused-ring (bicyclic) bond motifs is 1. The van der Waals surface area contributed by atoms with Gasteiger partial charge in [-0.05, 0) is 78.3 Å². The maximum Gasteiger partial charge on any atom is 0.435 e. The Morgan fingerprint density at radius 1 is 1.00 bits per heavy atom. The number of carbonyl (C=O) groups is 2. The predicted octanol–water partition coefficient (Wildman–Crippen LogP) is 5.97. The van der Waals surface area contributed by atoms with E-state index in [1.54, 1.807) is 66.7 Å². The molecule has 0 unspecified atom stereocenters. The monoisotopic (exact) mass is 441 g/mol. The van der Waals surface area contributed by atoms with Gasteiger partial charge in [0.2, 0.25) is 0 Å². The number of ether oxygens (including phenoxy) is 2. The van der Waals surface area contributed by atoms with Gasteiger partial charge in [0.05, 0.1) is 28.7 Å². The number of hydrogen-bond acceptors (Lipinski definition) is 6. The number of hydrogen-bond donors (Lipinski definition) is 1. The van der Waals surface area contributed by atoms with Crippen LogP contribution in [0.2, 0.25) is 0 Å². The standard InChI is InChI=1S/C24H28FN3O4/c1-14-8-10-18(17(25)12-14)27-20-15(21(29)31-23(2,3)4)9-11-19-16(20)13-26-28(19)22(30)32-24(5,6)7/h8-13,27H,1-7H3. The average molecular weight is 442 g/mol. The largest absolute Gasteiger partial charge is 0.456 e. The van der Waals surface area contributed by atoms with Crippen LogP contribution in [0.3, 0.4) is 0 Å². The maximum absolute atomic E-state index is 14.6. The molecule has 0 aliphatic heterocycles. The first-order valence-corrected chi connectivity index (χ1v) is 10.3. The first-order chi connectivity index (χ1) is 14.7. The minimum Gasteiger partial charge on any atom is -0.456 e. The van der Waals surface area contributed by atoms with Crippen molar-refractivity contribution in [3.05, 3.63) is 53.5 Å². The summed E-state index contributed by atoms with van der Waals surface area (Å²) in [4.78, 5) is 25.5. The molecule has 0 radical (unpaired) electrons. The van der Waals surface area contributed by atoms with Crippen LogP contribution in [-0.4, -0.2) is 33.0 Å². The quantitative estimate of drug-likeness (QED) is 0.505. The lowest BCUT2D eigenvalue weighted by atomic mass is 10.1. The van der Waals surface area contributed by atoms with E-state index in [-0.39, 0.29) is 16.9 Å². The molecule has 0 aliphatic carbocycles. The summed E-state index contributed by atoms with van der Waals surface area (Å²) in [5.41, 5.74) is 0.387. The molecule has 2 aromatic carbocycles. The van der Waals surface area contributed by atoms with Gasteiger partial charge in [-0.15, -0.1) is 0 Å². The molecule has 3 aromatic rings. The first-order valence-electron chi connectivity index (χ1n) is 10.3. The number of aromatic nitrogens is 2. The lowest BCUT2D eigenvalue weighted by Gasteiger charge is -2.21. The molecule has 0 fully saturated rings. The summed E-state index contributed by atoms with van der Waals surface area (Å²) in [6.45, 7) is 12.3. The van der Waals surface area contributed by atoms with E-state index in [1.165, 1.54) is 18.3 Å². The third-order valence-electron chi connectivity index (χ3n) is 4.32. The van der Waals surface area contributed by atoms with Gasteiger partial charge >= 0.3 is 12.1 Å². The molecule has 1 heterocycles. The Labute approximate surface area is 186 Å². The Morgan fingerprint density at radius 3 is 2.25 bits per heavy atom. The molecular formula is C24H28FN3O4. The van der Waals surface area contributed by atoms with E-state index < -0.39 is 29.1 Å². The Kier molecular flexibility index (Phi) is 6.00. The molecule has 32 heavy (non-hydrogen) atoms. The van der Waals surface area contributed by atoms with Crippen LogP contribution in [-0.2, 0) is 9.47 Å². The minimum atomic E-state index is -0.723. The number of esters is 1. The van der Waals surface area contributed by atoms with Crippen LogP contribution in [0, 0.1) is 12.7 Å². The average Bonchev–Trinajstić information content (AvgIpc) is 3.05. The smallest absolute Gasteiger partial charge is 0.435 e. The van der Waals surface area contributed by atoms with Gasteiger partial charge in [0.15, 0.2) is 0 Å². The molecule has 0 atom stereocenters. The Hall–Kier alpha value is -3.42. The summed E-state index contributed by atoms with van der Waals surface area (Å²) in [5.74, 6) is -1.06. The first kappa shape index (κ1) is 23.2. The Balaban J connectivity index is 2.15. The van der Waals surface area contributed by atoms with Crippen molar-refractivity contribution in [2.75, 3.05) is 5.32 Å². The Bertz CT molecular complexity index is 1190. The van der Waals surface area contributed by atoms with Crippen LogP contribution in [0.4, 0.5) is 20.6 Å². The third-order valence-corrected chi connectivity index (χ3v) is 4.32. The summed E-state index contributed by atoms with van der Waals surface area (Å²) in [5, 5.41) is 7.59. The zero-order valence-corrected chi connectivity index (χ0v) is 19.4. The molecular weight excluding hydrogens is 413 g/mol. The highest BCUT2D eigenvalue weighted by atomic mass is 19.1. The molecule has 170 valence electrons. The molecule has 0 saturated heterocycles. The predicted molar refractivity (Wildman–Crippen MR) is 121 cm³/mol. The third kappa shape index (κ3) is 5.25. The van der Waals surface area contributed by atoms with Crippen LogP contribution in [0.1, 0.15) is 57.5 Å². The number of aryl methyl sites for hydroxylation is 1. The van der Waals surface area contributed by atoms with E-state index in [4.69, 9.17) is 9.47 Å². The normalized spacial score (nSPS) is 12.0. The summed E-state index contributed by atoms with van der Waals surface area (Å²) < 4.78 is 26.6. The molecule has 1 N–H and O–H groups in total. The minimum absolute atomic E-state index is 0.179. The highest BCUT2D eigenvalue weighted by molar-refractivity contribution is 6.08. The van der Waals surface area contributed by atoms with Gasteiger partial charge in [0.25, 0.3) is 0 Å². The zero-order chi connectivity index (χ0) is 23.8. The molecule has 7 nitrogen and oxygen atoms in total. The van der Waals surface area contributed by atoms with E-state index in [0.29, 0.717) is 10.9 Å². The molecule has 8 heteroatoms. The molecule has 0 saturated carbocycles. The van der Waals surface area contributed by atoms with Crippen molar-refractivity contribution in [2.45, 2.75) is 59.7 Å². The molecule has 3 rings (SSSR count). The van der Waals surface area contributed by atoms with Crippen molar-refractivity contribution < 1.29 is 23.5 Å². The number of halogens is 1. The molecule has 0 bridgehead atoms. The second-order valence-corrected chi connectivity index (χ2v) is 9.57. The SMILES string of the molecule is Cc1ccc(Nc2c(C(=O)OC(C)(C)C)ccc3c2cnn3C(=O)OC(C)(C)C)c(F)c1. The number of benzene rings is 2. The number of carbonyl (C=O) groups excluding carboxylic acids is 2. The Morgan fingerprint density at radius 2 is 1.66 bits per heavy atom. The number of rotatable bonds is 3. The van der Waals surface area contributed by atoms with E-state index in [0.717, 1.165) is 10.2 Å². The van der Waals surface area contributed by atoms with Crippen LogP contribution in [0.15, 0.2) is 36.5 Å². The number of nitrogens with one attached hydrogen (secondary N) is 1. The van der Waals surface area contributed by atoms with Crippen LogP contribution in [0.5, 0.6) is 0 Å².